The van der Waals surface area contributed by atoms with E-state index in [9.17, 15) is 10.5 Å². The number of hydrogen-bond acceptors (Lipinski definition) is 9. The largest absolute Gasteiger partial charge is 0.370 e. The smallest absolute Gasteiger partial charge is 0.247 e. The maximum Gasteiger partial charge on any atom is 0.247 e. The van der Waals surface area contributed by atoms with Crippen LogP contribution < -0.4 is 15.5 Å². The van der Waals surface area contributed by atoms with E-state index in [-0.39, 0.29) is 5.95 Å². The number of anilines is 4. The summed E-state index contributed by atoms with van der Waals surface area (Å²) in [5, 5.41) is 30.7. The van der Waals surface area contributed by atoms with Gasteiger partial charge in [0.15, 0.2) is 17.2 Å². The molecule has 0 spiro atoms. The van der Waals surface area contributed by atoms with Crippen molar-refractivity contribution in [2.75, 3.05) is 48.8 Å². The van der Waals surface area contributed by atoms with Crippen molar-refractivity contribution in [2.45, 2.75) is 18.9 Å². The molecule has 2 aromatic heterocycles. The molecule has 2 unspecified atom stereocenters. The molecule has 1 saturated carbocycles. The summed E-state index contributed by atoms with van der Waals surface area (Å²) in [5.74, 6) is 2.05. The van der Waals surface area contributed by atoms with Gasteiger partial charge in [-0.3, -0.25) is 0 Å². The highest BCUT2D eigenvalue weighted by Crippen LogP contribution is 2.40. The van der Waals surface area contributed by atoms with Crippen LogP contribution in [0.5, 0.6) is 0 Å². The van der Waals surface area contributed by atoms with Gasteiger partial charge < -0.3 is 20.4 Å². The number of nitrogens with one attached hydrogen (secondary N) is 2. The lowest BCUT2D eigenvalue weighted by Crippen LogP contribution is -2.27. The van der Waals surface area contributed by atoms with Crippen LogP contribution in [0.15, 0.2) is 18.3 Å². The van der Waals surface area contributed by atoms with E-state index >= 15 is 0 Å². The average Bonchev–Trinajstić information content (AvgIpc) is 3.24. The Morgan fingerprint density at radius 2 is 1.85 bits per heavy atom. The quantitative estimate of drug-likeness (QED) is 0.574. The molecule has 0 radical (unpaired) electrons. The summed E-state index contributed by atoms with van der Waals surface area (Å²) < 4.78 is 1.47. The monoisotopic (exact) mass is 474 g/mol. The van der Waals surface area contributed by atoms with E-state index < -0.39 is 0 Å². The molecule has 10 nitrogen and oxygen atoms in total. The van der Waals surface area contributed by atoms with Gasteiger partial charge >= 0.3 is 0 Å². The van der Waals surface area contributed by atoms with Crippen molar-refractivity contribution in [1.82, 2.24) is 24.5 Å². The van der Waals surface area contributed by atoms with E-state index in [1.807, 2.05) is 6.07 Å². The van der Waals surface area contributed by atoms with E-state index in [1.165, 1.54) is 10.7 Å². The highest BCUT2D eigenvalue weighted by Gasteiger charge is 2.39. The third-order valence-electron chi connectivity index (χ3n) is 6.83. The van der Waals surface area contributed by atoms with Crippen molar-refractivity contribution in [3.05, 3.63) is 34.6 Å². The minimum Gasteiger partial charge on any atom is -0.370 e. The Balaban J connectivity index is 1.36. The summed E-state index contributed by atoms with van der Waals surface area (Å²) in [6.07, 6.45) is 3.62. The lowest BCUT2D eigenvalue weighted by molar-refractivity contribution is 0.387. The molecule has 2 N–H and O–H groups in total. The molecule has 11 heteroatoms. The molecule has 0 amide bonds. The zero-order chi connectivity index (χ0) is 23.4. The standard InChI is InChI=1S/C23H23ClN10/c1-32-9-14-11-33(12-15(14)10-32)19-5-13(6-25)4-18(20(19)24)29-23-30-21(28-16-2-3-16)22-27-8-17(7-26)34(22)31-23/h4-5,8,14-16H,2-3,9-12H2,1H3,(H2,28,29,30,31). The fraction of sp³-hybridized carbons (Fsp3) is 0.435. The summed E-state index contributed by atoms with van der Waals surface area (Å²) in [4.78, 5) is 13.6. The number of likely N-dealkylation sites (tertiary alicyclic amines) is 1. The number of benzene rings is 1. The van der Waals surface area contributed by atoms with E-state index in [4.69, 9.17) is 11.6 Å². The third kappa shape index (κ3) is 3.65. The van der Waals surface area contributed by atoms with Crippen molar-refractivity contribution in [1.29, 1.82) is 10.5 Å². The van der Waals surface area contributed by atoms with Gasteiger partial charge in [-0.15, -0.1) is 5.10 Å². The van der Waals surface area contributed by atoms with Crippen LogP contribution in [0.4, 0.5) is 23.1 Å². The van der Waals surface area contributed by atoms with Crippen molar-refractivity contribution in [2.24, 2.45) is 11.8 Å². The SMILES string of the molecule is CN1CC2CN(c3cc(C#N)cc(Nc4nc(NC5CC5)c5ncc(C#N)n5n4)c3Cl)CC2C1. The number of fused-ring (bicyclic) bond motifs is 2. The van der Waals surface area contributed by atoms with Crippen LogP contribution in [-0.4, -0.2) is 63.8 Å². The first kappa shape index (κ1) is 21.0. The maximum absolute atomic E-state index is 9.68. The second kappa shape index (κ2) is 8.01. The minimum atomic E-state index is 0.271. The van der Waals surface area contributed by atoms with Crippen molar-refractivity contribution in [3.63, 3.8) is 0 Å². The Hall–Kier alpha value is -3.60. The van der Waals surface area contributed by atoms with Crippen LogP contribution in [0.1, 0.15) is 24.1 Å². The maximum atomic E-state index is 9.68. The Bertz CT molecular complexity index is 1350. The zero-order valence-electron chi connectivity index (χ0n) is 18.7. The second-order valence-corrected chi connectivity index (χ2v) is 9.81. The Morgan fingerprint density at radius 3 is 2.53 bits per heavy atom. The van der Waals surface area contributed by atoms with Crippen LogP contribution >= 0.6 is 11.6 Å². The lowest BCUT2D eigenvalue weighted by Gasteiger charge is -2.24. The molecule has 1 aromatic carbocycles. The topological polar surface area (TPSA) is 121 Å². The lowest BCUT2D eigenvalue weighted by atomic mass is 10.0. The fourth-order valence-corrected chi connectivity index (χ4v) is 5.34. The number of halogens is 1. The molecule has 2 saturated heterocycles. The van der Waals surface area contributed by atoms with Gasteiger partial charge in [0, 0.05) is 32.2 Å². The highest BCUT2D eigenvalue weighted by molar-refractivity contribution is 6.36. The predicted octanol–water partition coefficient (Wildman–Crippen LogP) is 2.84. The van der Waals surface area contributed by atoms with Crippen molar-refractivity contribution >= 4 is 40.4 Å². The van der Waals surface area contributed by atoms with Gasteiger partial charge in [0.1, 0.15) is 6.07 Å². The van der Waals surface area contributed by atoms with Gasteiger partial charge in [-0.1, -0.05) is 11.6 Å². The van der Waals surface area contributed by atoms with E-state index in [1.54, 1.807) is 6.07 Å². The van der Waals surface area contributed by atoms with Crippen molar-refractivity contribution in [3.8, 4) is 12.1 Å². The molecule has 2 aliphatic heterocycles. The molecule has 6 rings (SSSR count). The molecule has 0 bridgehead atoms. The summed E-state index contributed by atoms with van der Waals surface area (Å²) in [6.45, 7) is 4.00. The summed E-state index contributed by atoms with van der Waals surface area (Å²) in [6, 6.07) is 8.26. The number of imidazole rings is 1. The first-order valence-corrected chi connectivity index (χ1v) is 11.8. The van der Waals surface area contributed by atoms with E-state index in [2.05, 4.69) is 54.7 Å². The number of hydrogen-bond donors (Lipinski definition) is 2. The highest BCUT2D eigenvalue weighted by atomic mass is 35.5. The van der Waals surface area contributed by atoms with Crippen LogP contribution in [0.25, 0.3) is 5.65 Å². The molecule has 2 atom stereocenters. The predicted molar refractivity (Wildman–Crippen MR) is 128 cm³/mol. The molecular formula is C23H23ClN10. The van der Waals surface area contributed by atoms with Gasteiger partial charge in [0.05, 0.1) is 34.2 Å². The van der Waals surface area contributed by atoms with Gasteiger partial charge in [-0.25, -0.2) is 4.98 Å². The normalized spacial score (nSPS) is 21.9. The number of nitrogens with zero attached hydrogens (tertiary/aromatic N) is 8. The Kier molecular flexibility index (Phi) is 4.94. The van der Waals surface area contributed by atoms with E-state index in [0.29, 0.717) is 51.3 Å². The number of rotatable bonds is 5. The first-order valence-electron chi connectivity index (χ1n) is 11.4. The second-order valence-electron chi connectivity index (χ2n) is 9.43. The Labute approximate surface area is 201 Å². The van der Waals surface area contributed by atoms with Crippen molar-refractivity contribution < 1.29 is 0 Å². The molecule has 3 aromatic rings. The number of nitriles is 2. The summed E-state index contributed by atoms with van der Waals surface area (Å²) in [7, 11) is 2.16. The van der Waals surface area contributed by atoms with Crippen LogP contribution in [0, 0.1) is 34.5 Å². The molecule has 1 aliphatic carbocycles. The summed E-state index contributed by atoms with van der Waals surface area (Å²) in [5.41, 5.74) is 2.72. The average molecular weight is 475 g/mol. The first-order chi connectivity index (χ1) is 16.5. The van der Waals surface area contributed by atoms with Gasteiger partial charge in [0.2, 0.25) is 5.95 Å². The minimum absolute atomic E-state index is 0.271. The van der Waals surface area contributed by atoms with Gasteiger partial charge in [0.25, 0.3) is 0 Å². The van der Waals surface area contributed by atoms with Gasteiger partial charge in [-0.05, 0) is 43.9 Å². The molecule has 4 heterocycles. The Morgan fingerprint density at radius 1 is 1.09 bits per heavy atom. The third-order valence-corrected chi connectivity index (χ3v) is 7.23. The molecular weight excluding hydrogens is 452 g/mol. The molecule has 34 heavy (non-hydrogen) atoms. The molecule has 3 aliphatic rings. The van der Waals surface area contributed by atoms with Crippen LogP contribution in [-0.2, 0) is 0 Å². The molecule has 3 fully saturated rings. The van der Waals surface area contributed by atoms with Crippen LogP contribution in [0.2, 0.25) is 5.02 Å². The summed E-state index contributed by atoms with van der Waals surface area (Å²) >= 11 is 6.88. The number of aromatic nitrogens is 4. The molecule has 172 valence electrons. The van der Waals surface area contributed by atoms with E-state index in [0.717, 1.165) is 44.7 Å². The zero-order valence-corrected chi connectivity index (χ0v) is 19.4. The van der Waals surface area contributed by atoms with Crippen LogP contribution in [0.3, 0.4) is 0 Å². The fourth-order valence-electron chi connectivity index (χ4n) is 5.07. The van der Waals surface area contributed by atoms with Gasteiger partial charge in [-0.2, -0.15) is 20.0 Å².